The summed E-state index contributed by atoms with van der Waals surface area (Å²) in [5.74, 6) is 0.0621. The molecule has 3 nitrogen and oxygen atoms in total. The second-order valence-electron chi connectivity index (χ2n) is 2.45. The Balaban J connectivity index is 2.69. The van der Waals surface area contributed by atoms with Crippen molar-refractivity contribution in [3.63, 3.8) is 0 Å². The average Bonchev–Trinajstić information content (AvgIpc) is 2.14. The quantitative estimate of drug-likeness (QED) is 0.816. The molecule has 0 spiro atoms. The molecule has 0 amide bonds. The van der Waals surface area contributed by atoms with Crippen LogP contribution in [0.2, 0.25) is 0 Å². The zero-order valence-electron chi connectivity index (χ0n) is 7.08. The fourth-order valence-corrected chi connectivity index (χ4v) is 0.784. The Labute approximate surface area is 78.2 Å². The first kappa shape index (κ1) is 10.8. The second-order valence-corrected chi connectivity index (χ2v) is 2.45. The highest BCUT2D eigenvalue weighted by atomic mass is 19.4. The SMILES string of the molecule is OCCOc1ccc(C(F)(F)F)cn1. The smallest absolute Gasteiger partial charge is 0.417 e. The molecule has 0 saturated heterocycles. The summed E-state index contributed by atoms with van der Waals surface area (Å²) in [5.41, 5.74) is -0.825. The molecule has 0 atom stereocenters. The van der Waals surface area contributed by atoms with E-state index in [9.17, 15) is 13.2 Å². The van der Waals surface area contributed by atoms with Gasteiger partial charge in [0.1, 0.15) is 6.61 Å². The van der Waals surface area contributed by atoms with Gasteiger partial charge in [-0.3, -0.25) is 0 Å². The van der Waals surface area contributed by atoms with E-state index in [-0.39, 0.29) is 19.1 Å². The number of pyridine rings is 1. The molecule has 1 N–H and O–H groups in total. The molecule has 1 rings (SSSR count). The molecule has 1 aromatic heterocycles. The summed E-state index contributed by atoms with van der Waals surface area (Å²) in [6.45, 7) is -0.193. The van der Waals surface area contributed by atoms with Crippen molar-refractivity contribution in [2.24, 2.45) is 0 Å². The number of rotatable bonds is 3. The lowest BCUT2D eigenvalue weighted by atomic mass is 10.3. The topological polar surface area (TPSA) is 42.4 Å². The maximum absolute atomic E-state index is 12.1. The maximum atomic E-state index is 12.1. The van der Waals surface area contributed by atoms with Gasteiger partial charge >= 0.3 is 6.18 Å². The molecule has 0 fully saturated rings. The third kappa shape index (κ3) is 2.88. The van der Waals surface area contributed by atoms with Crippen LogP contribution in [0.15, 0.2) is 18.3 Å². The average molecular weight is 207 g/mol. The largest absolute Gasteiger partial charge is 0.475 e. The van der Waals surface area contributed by atoms with Crippen LogP contribution in [-0.4, -0.2) is 23.3 Å². The van der Waals surface area contributed by atoms with Crippen molar-refractivity contribution in [2.75, 3.05) is 13.2 Å². The number of aromatic nitrogens is 1. The molecule has 1 heterocycles. The lowest BCUT2D eigenvalue weighted by Gasteiger charge is -2.07. The van der Waals surface area contributed by atoms with Gasteiger partial charge in [0.2, 0.25) is 5.88 Å². The summed E-state index contributed by atoms with van der Waals surface area (Å²) >= 11 is 0. The highest BCUT2D eigenvalue weighted by Gasteiger charge is 2.30. The first-order valence-corrected chi connectivity index (χ1v) is 3.81. The van der Waals surface area contributed by atoms with Crippen molar-refractivity contribution in [1.29, 1.82) is 0 Å². The van der Waals surface area contributed by atoms with Crippen molar-refractivity contribution in [1.82, 2.24) is 4.98 Å². The first-order valence-electron chi connectivity index (χ1n) is 3.81. The van der Waals surface area contributed by atoms with Gasteiger partial charge < -0.3 is 9.84 Å². The Bertz CT molecular complexity index is 284. The zero-order chi connectivity index (χ0) is 10.6. The highest BCUT2D eigenvalue weighted by Crippen LogP contribution is 2.28. The predicted octanol–water partition coefficient (Wildman–Crippen LogP) is 1.47. The van der Waals surface area contributed by atoms with Gasteiger partial charge in [-0.1, -0.05) is 0 Å². The zero-order valence-corrected chi connectivity index (χ0v) is 7.08. The minimum Gasteiger partial charge on any atom is -0.475 e. The van der Waals surface area contributed by atoms with Crippen LogP contribution in [0.5, 0.6) is 5.88 Å². The molecule has 0 aliphatic heterocycles. The Morgan fingerprint density at radius 3 is 2.50 bits per heavy atom. The molecule has 0 bridgehead atoms. The standard InChI is InChI=1S/C8H8F3NO2/c9-8(10,11)6-1-2-7(12-5-6)14-4-3-13/h1-2,5,13H,3-4H2. The van der Waals surface area contributed by atoms with Crippen LogP contribution in [0, 0.1) is 0 Å². The fourth-order valence-electron chi connectivity index (χ4n) is 0.784. The third-order valence-corrected chi connectivity index (χ3v) is 1.40. The van der Waals surface area contributed by atoms with E-state index in [1.165, 1.54) is 0 Å². The van der Waals surface area contributed by atoms with Gasteiger partial charge in [0, 0.05) is 12.3 Å². The second kappa shape index (κ2) is 4.28. The van der Waals surface area contributed by atoms with E-state index in [1.807, 2.05) is 0 Å². The molecule has 0 unspecified atom stereocenters. The molecule has 1 aromatic rings. The molecule has 0 aromatic carbocycles. The number of hydrogen-bond donors (Lipinski definition) is 1. The number of aliphatic hydroxyl groups excluding tert-OH is 1. The first-order chi connectivity index (χ1) is 6.54. The van der Waals surface area contributed by atoms with Crippen LogP contribution in [0.25, 0.3) is 0 Å². The Morgan fingerprint density at radius 2 is 2.07 bits per heavy atom. The molecule has 78 valence electrons. The minimum absolute atomic E-state index is 0.0123. The Hall–Kier alpha value is -1.30. The lowest BCUT2D eigenvalue weighted by Crippen LogP contribution is -2.07. The van der Waals surface area contributed by atoms with Crippen LogP contribution in [0.1, 0.15) is 5.56 Å². The van der Waals surface area contributed by atoms with Gasteiger partial charge in [-0.25, -0.2) is 4.98 Å². The molecule has 14 heavy (non-hydrogen) atoms. The number of halogens is 3. The van der Waals surface area contributed by atoms with Crippen molar-refractivity contribution >= 4 is 0 Å². The lowest BCUT2D eigenvalue weighted by molar-refractivity contribution is -0.137. The molecular formula is C8H8F3NO2. The van der Waals surface area contributed by atoms with Gasteiger partial charge in [0.05, 0.1) is 12.2 Å². The van der Waals surface area contributed by atoms with Gasteiger partial charge in [-0.05, 0) is 6.07 Å². The van der Waals surface area contributed by atoms with Crippen LogP contribution in [0.3, 0.4) is 0 Å². The number of nitrogens with zero attached hydrogens (tertiary/aromatic N) is 1. The van der Waals surface area contributed by atoms with Gasteiger partial charge in [-0.2, -0.15) is 13.2 Å². The maximum Gasteiger partial charge on any atom is 0.417 e. The van der Waals surface area contributed by atoms with Crippen LogP contribution in [0.4, 0.5) is 13.2 Å². The Kier molecular flexibility index (Phi) is 3.29. The van der Waals surface area contributed by atoms with E-state index in [4.69, 9.17) is 9.84 Å². The summed E-state index contributed by atoms with van der Waals surface area (Å²) in [6.07, 6.45) is -3.70. The van der Waals surface area contributed by atoms with Crippen molar-refractivity contribution in [3.8, 4) is 5.88 Å². The third-order valence-electron chi connectivity index (χ3n) is 1.40. The molecule has 0 saturated carbocycles. The number of aliphatic hydroxyl groups is 1. The van der Waals surface area contributed by atoms with Crippen LogP contribution >= 0.6 is 0 Å². The normalized spacial score (nSPS) is 11.4. The van der Waals surface area contributed by atoms with E-state index in [0.29, 0.717) is 6.20 Å². The van der Waals surface area contributed by atoms with Gasteiger partial charge in [0.25, 0.3) is 0 Å². The molecular weight excluding hydrogens is 199 g/mol. The van der Waals surface area contributed by atoms with Crippen molar-refractivity contribution in [3.05, 3.63) is 23.9 Å². The summed E-state index contributed by atoms with van der Waals surface area (Å²) in [4.78, 5) is 3.43. The van der Waals surface area contributed by atoms with E-state index in [1.54, 1.807) is 0 Å². The Morgan fingerprint density at radius 1 is 1.36 bits per heavy atom. The number of alkyl halides is 3. The molecule has 0 aliphatic carbocycles. The number of ether oxygens (including phenoxy) is 1. The van der Waals surface area contributed by atoms with Crippen molar-refractivity contribution in [2.45, 2.75) is 6.18 Å². The summed E-state index contributed by atoms with van der Waals surface area (Å²) in [7, 11) is 0. The van der Waals surface area contributed by atoms with E-state index in [2.05, 4.69) is 4.98 Å². The summed E-state index contributed by atoms with van der Waals surface area (Å²) < 4.78 is 40.9. The van der Waals surface area contributed by atoms with E-state index < -0.39 is 11.7 Å². The minimum atomic E-state index is -4.39. The molecule has 6 heteroatoms. The van der Waals surface area contributed by atoms with Crippen LogP contribution in [-0.2, 0) is 6.18 Å². The van der Waals surface area contributed by atoms with Gasteiger partial charge in [0.15, 0.2) is 0 Å². The summed E-state index contributed by atoms with van der Waals surface area (Å²) in [5, 5.41) is 8.38. The van der Waals surface area contributed by atoms with Gasteiger partial charge in [-0.15, -0.1) is 0 Å². The van der Waals surface area contributed by atoms with E-state index in [0.717, 1.165) is 12.1 Å². The monoisotopic (exact) mass is 207 g/mol. The highest BCUT2D eigenvalue weighted by molar-refractivity contribution is 5.19. The van der Waals surface area contributed by atoms with Crippen LogP contribution < -0.4 is 4.74 Å². The molecule has 0 radical (unpaired) electrons. The predicted molar refractivity (Wildman–Crippen MR) is 41.8 cm³/mol. The van der Waals surface area contributed by atoms with E-state index >= 15 is 0 Å². The molecule has 0 aliphatic rings. The summed E-state index contributed by atoms with van der Waals surface area (Å²) in [6, 6.07) is 1.98. The fraction of sp³-hybridized carbons (Fsp3) is 0.375. The van der Waals surface area contributed by atoms with Crippen molar-refractivity contribution < 1.29 is 23.0 Å². The number of hydrogen-bond acceptors (Lipinski definition) is 3.